The van der Waals surface area contributed by atoms with E-state index in [1.165, 1.54) is 4.90 Å². The molecule has 3 heterocycles. The first kappa shape index (κ1) is 18.4. The minimum Gasteiger partial charge on any atom is -0.377 e. The number of carbonyl (C=O) groups excluding carboxylic acids is 1. The van der Waals surface area contributed by atoms with Crippen molar-refractivity contribution in [2.75, 3.05) is 19.8 Å². The average Bonchev–Trinajstić information content (AvgIpc) is 3.19. The minimum atomic E-state index is -4.40. The zero-order valence-corrected chi connectivity index (χ0v) is 14.3. The van der Waals surface area contributed by atoms with E-state index in [-0.39, 0.29) is 24.9 Å². The van der Waals surface area contributed by atoms with Crippen LogP contribution in [0.3, 0.4) is 0 Å². The number of nitrogens with zero attached hydrogens (tertiary/aromatic N) is 5. The molecule has 0 saturated carbocycles. The van der Waals surface area contributed by atoms with Crippen molar-refractivity contribution in [3.63, 3.8) is 0 Å². The summed E-state index contributed by atoms with van der Waals surface area (Å²) in [6.07, 6.45) is -2.88. The lowest BCUT2D eigenvalue weighted by Crippen LogP contribution is -2.44. The first-order valence-corrected chi connectivity index (χ1v) is 8.10. The van der Waals surface area contributed by atoms with Crippen LogP contribution in [0.1, 0.15) is 40.6 Å². The first-order valence-electron chi connectivity index (χ1n) is 8.10. The van der Waals surface area contributed by atoms with Crippen molar-refractivity contribution in [2.45, 2.75) is 39.0 Å². The van der Waals surface area contributed by atoms with Crippen LogP contribution >= 0.6 is 0 Å². The largest absolute Gasteiger partial charge is 0.408 e. The van der Waals surface area contributed by atoms with E-state index in [9.17, 15) is 18.0 Å². The van der Waals surface area contributed by atoms with Gasteiger partial charge in [-0.3, -0.25) is 4.79 Å². The molecule has 1 aliphatic heterocycles. The van der Waals surface area contributed by atoms with Crippen molar-refractivity contribution in [1.82, 2.24) is 24.8 Å². The predicted octanol–water partition coefficient (Wildman–Crippen LogP) is 1.91. The number of carbonyl (C=O) groups is 1. The average molecular weight is 373 g/mol. The molecule has 11 heteroatoms. The summed E-state index contributed by atoms with van der Waals surface area (Å²) in [6.45, 7) is 2.94. The number of aryl methyl sites for hydroxylation is 2. The monoisotopic (exact) mass is 373 g/mol. The van der Waals surface area contributed by atoms with E-state index >= 15 is 0 Å². The lowest BCUT2D eigenvalue weighted by molar-refractivity contribution is -0.142. The van der Waals surface area contributed by atoms with Gasteiger partial charge >= 0.3 is 6.18 Å². The Morgan fingerprint density at radius 2 is 2.19 bits per heavy atom. The fourth-order valence-corrected chi connectivity index (χ4v) is 2.86. The fourth-order valence-electron chi connectivity index (χ4n) is 2.86. The number of halogens is 3. The third-order valence-electron chi connectivity index (χ3n) is 4.07. The van der Waals surface area contributed by atoms with Crippen molar-refractivity contribution >= 4 is 5.91 Å². The van der Waals surface area contributed by atoms with E-state index in [4.69, 9.17) is 9.26 Å². The summed E-state index contributed by atoms with van der Waals surface area (Å²) in [6, 6.07) is -0.676. The summed E-state index contributed by atoms with van der Waals surface area (Å²) in [7, 11) is 0. The molecule has 26 heavy (non-hydrogen) atoms. The highest BCUT2D eigenvalue weighted by Gasteiger charge is 2.35. The number of hydrogen-bond acceptors (Lipinski definition) is 6. The van der Waals surface area contributed by atoms with Crippen molar-refractivity contribution in [3.05, 3.63) is 29.2 Å². The van der Waals surface area contributed by atoms with E-state index in [2.05, 4.69) is 15.2 Å². The zero-order chi connectivity index (χ0) is 18.9. The molecule has 0 aliphatic carbocycles. The van der Waals surface area contributed by atoms with Crippen LogP contribution in [0, 0.1) is 6.92 Å². The Morgan fingerprint density at radius 1 is 1.42 bits per heavy atom. The van der Waals surface area contributed by atoms with Crippen LogP contribution in [0.15, 0.2) is 10.9 Å². The summed E-state index contributed by atoms with van der Waals surface area (Å²) in [4.78, 5) is 18.4. The molecule has 2 aromatic heterocycles. The highest BCUT2D eigenvalue weighted by atomic mass is 19.4. The molecule has 0 aromatic carbocycles. The maximum atomic E-state index is 13.0. The summed E-state index contributed by atoms with van der Waals surface area (Å²) < 4.78 is 48.7. The van der Waals surface area contributed by atoms with Crippen LogP contribution < -0.4 is 0 Å². The van der Waals surface area contributed by atoms with Gasteiger partial charge in [-0.25, -0.2) is 9.67 Å². The lowest BCUT2D eigenvalue weighted by Gasteiger charge is -2.33. The Labute approximate surface area is 146 Å². The smallest absolute Gasteiger partial charge is 0.377 e. The molecule has 1 amide bonds. The van der Waals surface area contributed by atoms with Gasteiger partial charge in [-0.2, -0.15) is 18.3 Å². The van der Waals surface area contributed by atoms with Crippen molar-refractivity contribution < 1.29 is 27.2 Å². The second-order valence-electron chi connectivity index (χ2n) is 5.92. The van der Waals surface area contributed by atoms with Crippen LogP contribution in [-0.4, -0.2) is 56.7 Å². The molecular formula is C15H18F3N5O3. The minimum absolute atomic E-state index is 0.105. The number of hydrogen-bond donors (Lipinski definition) is 0. The molecular weight excluding hydrogens is 355 g/mol. The van der Waals surface area contributed by atoms with Gasteiger partial charge in [0.1, 0.15) is 30.2 Å². The predicted molar refractivity (Wildman–Crippen MR) is 81.3 cm³/mol. The second kappa shape index (κ2) is 7.06. The van der Waals surface area contributed by atoms with Gasteiger partial charge in [-0.15, -0.1) is 0 Å². The van der Waals surface area contributed by atoms with Gasteiger partial charge in [-0.05, 0) is 13.3 Å². The Bertz CT molecular complexity index is 786. The Kier molecular flexibility index (Phi) is 4.99. The van der Waals surface area contributed by atoms with Crippen LogP contribution in [0.4, 0.5) is 13.2 Å². The van der Waals surface area contributed by atoms with Gasteiger partial charge in [0.2, 0.25) is 0 Å². The number of ether oxygens (including phenoxy) is 1. The highest BCUT2D eigenvalue weighted by molar-refractivity contribution is 5.96. The van der Waals surface area contributed by atoms with E-state index in [0.717, 1.165) is 6.33 Å². The molecule has 3 rings (SSSR count). The Balaban J connectivity index is 1.86. The van der Waals surface area contributed by atoms with Gasteiger partial charge in [0.25, 0.3) is 5.91 Å². The van der Waals surface area contributed by atoms with Gasteiger partial charge in [0.05, 0.1) is 18.9 Å². The van der Waals surface area contributed by atoms with Gasteiger partial charge < -0.3 is 14.2 Å². The molecule has 1 fully saturated rings. The number of alkyl halides is 3. The van der Waals surface area contributed by atoms with E-state index in [1.807, 2.05) is 6.92 Å². The first-order chi connectivity index (χ1) is 12.3. The number of morpholine rings is 1. The quantitative estimate of drug-likeness (QED) is 0.814. The highest BCUT2D eigenvalue weighted by Crippen LogP contribution is 2.26. The molecule has 1 aliphatic rings. The van der Waals surface area contributed by atoms with Gasteiger partial charge in [0, 0.05) is 6.54 Å². The maximum absolute atomic E-state index is 13.0. The number of aromatic nitrogens is 4. The third-order valence-corrected chi connectivity index (χ3v) is 4.07. The van der Waals surface area contributed by atoms with Crippen molar-refractivity contribution in [2.24, 2.45) is 0 Å². The van der Waals surface area contributed by atoms with E-state index < -0.39 is 18.8 Å². The molecule has 0 N–H and O–H groups in total. The molecule has 1 atom stereocenters. The van der Waals surface area contributed by atoms with Gasteiger partial charge in [0.15, 0.2) is 5.82 Å². The molecule has 1 saturated heterocycles. The van der Waals surface area contributed by atoms with Crippen molar-refractivity contribution in [3.8, 4) is 0 Å². The van der Waals surface area contributed by atoms with E-state index in [0.29, 0.717) is 34.7 Å². The normalized spacial score (nSPS) is 18.3. The zero-order valence-electron chi connectivity index (χ0n) is 14.3. The number of amides is 1. The van der Waals surface area contributed by atoms with Crippen LogP contribution in [0.5, 0.6) is 0 Å². The molecule has 0 radical (unpaired) electrons. The van der Waals surface area contributed by atoms with E-state index in [1.54, 1.807) is 6.92 Å². The molecule has 2 aromatic rings. The Morgan fingerprint density at radius 3 is 2.88 bits per heavy atom. The van der Waals surface area contributed by atoms with Crippen molar-refractivity contribution in [1.29, 1.82) is 0 Å². The summed E-state index contributed by atoms with van der Waals surface area (Å²) >= 11 is 0. The standard InChI is InChI=1S/C15H18F3N5O3/c1-3-10-12(9(2)26-21-10)14(24)23-4-5-25-6-11(23)13-19-8-22(20-13)7-15(16,17)18/h8,11H,3-7H2,1-2H3. The number of rotatable bonds is 4. The molecule has 0 bridgehead atoms. The topological polar surface area (TPSA) is 86.3 Å². The molecule has 142 valence electrons. The fraction of sp³-hybridized carbons (Fsp3) is 0.600. The van der Waals surface area contributed by atoms with Crippen LogP contribution in [0.25, 0.3) is 0 Å². The second-order valence-corrected chi connectivity index (χ2v) is 5.92. The molecule has 0 spiro atoms. The maximum Gasteiger partial charge on any atom is 0.408 e. The van der Waals surface area contributed by atoms with Gasteiger partial charge in [-0.1, -0.05) is 12.1 Å². The summed E-state index contributed by atoms with van der Waals surface area (Å²) in [5.41, 5.74) is 0.905. The van der Waals surface area contributed by atoms with Crippen LogP contribution in [-0.2, 0) is 17.7 Å². The third kappa shape index (κ3) is 3.71. The SMILES string of the molecule is CCc1noc(C)c1C(=O)N1CCOCC1c1ncn(CC(F)(F)F)n1. The summed E-state index contributed by atoms with van der Waals surface area (Å²) in [5.74, 6) is 0.183. The molecule has 8 nitrogen and oxygen atoms in total. The summed E-state index contributed by atoms with van der Waals surface area (Å²) in [5, 5.41) is 7.75. The molecule has 1 unspecified atom stereocenters. The van der Waals surface area contributed by atoms with Crippen LogP contribution in [0.2, 0.25) is 0 Å². The lowest BCUT2D eigenvalue weighted by atomic mass is 10.1. The Hall–Kier alpha value is -2.43.